The van der Waals surface area contributed by atoms with E-state index in [1.165, 1.54) is 13.8 Å². The van der Waals surface area contributed by atoms with E-state index in [-0.39, 0.29) is 10.5 Å². The Bertz CT molecular complexity index is 570. The predicted molar refractivity (Wildman–Crippen MR) is 68.1 cm³/mol. The van der Waals surface area contributed by atoms with Crippen LogP contribution in [-0.2, 0) is 14.8 Å². The van der Waals surface area contributed by atoms with Crippen LogP contribution in [-0.4, -0.2) is 36.4 Å². The predicted octanol–water partition coefficient (Wildman–Crippen LogP) is 2.11. The molecule has 1 rings (SSSR count). The Labute approximate surface area is 115 Å². The van der Waals surface area contributed by atoms with Gasteiger partial charge in [-0.05, 0) is 26.0 Å². The molecule has 0 spiro atoms. The number of rotatable bonds is 6. The summed E-state index contributed by atoms with van der Waals surface area (Å²) in [5.74, 6) is -1.29. The normalized spacial score (nSPS) is 12.3. The van der Waals surface area contributed by atoms with E-state index in [1.54, 1.807) is 0 Å². The van der Waals surface area contributed by atoms with Crippen molar-refractivity contribution in [2.75, 3.05) is 6.54 Å². The summed E-state index contributed by atoms with van der Waals surface area (Å²) < 4.78 is 50.2. The van der Waals surface area contributed by atoms with E-state index in [9.17, 15) is 22.0 Å². The number of alkyl halides is 2. The van der Waals surface area contributed by atoms with E-state index in [2.05, 4.69) is 0 Å². The van der Waals surface area contributed by atoms with Crippen molar-refractivity contribution < 1.29 is 27.1 Å². The van der Waals surface area contributed by atoms with Gasteiger partial charge >= 0.3 is 5.97 Å². The first-order valence-electron chi connectivity index (χ1n) is 5.78. The Morgan fingerprint density at radius 3 is 2.10 bits per heavy atom. The molecule has 20 heavy (non-hydrogen) atoms. The maximum absolute atomic E-state index is 12.4. The molecule has 0 aliphatic carbocycles. The number of nitrogens with zero attached hydrogens (tertiary/aromatic N) is 1. The fourth-order valence-corrected chi connectivity index (χ4v) is 3.19. The Morgan fingerprint density at radius 1 is 1.25 bits per heavy atom. The lowest BCUT2D eigenvalue weighted by atomic mass is 10.2. The number of aliphatic carboxylic acids is 1. The Hall–Kier alpha value is -1.54. The number of hydrogen-bond donors (Lipinski definition) is 1. The number of hydrogen-bond acceptors (Lipinski definition) is 3. The van der Waals surface area contributed by atoms with Crippen molar-refractivity contribution >= 4 is 16.0 Å². The first-order chi connectivity index (χ1) is 9.16. The molecule has 0 amide bonds. The van der Waals surface area contributed by atoms with Crippen LogP contribution < -0.4 is 0 Å². The van der Waals surface area contributed by atoms with Gasteiger partial charge in [-0.25, -0.2) is 17.2 Å². The first-order valence-corrected chi connectivity index (χ1v) is 7.22. The van der Waals surface area contributed by atoms with Gasteiger partial charge in [-0.1, -0.05) is 12.1 Å². The van der Waals surface area contributed by atoms with Crippen molar-refractivity contribution in [3.8, 4) is 0 Å². The first kappa shape index (κ1) is 16.5. The average Bonchev–Trinajstić information content (AvgIpc) is 2.35. The monoisotopic (exact) mass is 307 g/mol. The van der Waals surface area contributed by atoms with Crippen molar-refractivity contribution in [3.05, 3.63) is 29.8 Å². The summed E-state index contributed by atoms with van der Waals surface area (Å²) in [6, 6.07) is 3.56. The lowest BCUT2D eigenvalue weighted by Gasteiger charge is -2.24. The number of carbonyl (C=O) groups is 1. The Kier molecular flexibility index (Phi) is 5.18. The molecule has 0 aromatic heterocycles. The van der Waals surface area contributed by atoms with Gasteiger partial charge in [0.25, 0.3) is 6.43 Å². The highest BCUT2D eigenvalue weighted by atomic mass is 32.2. The minimum Gasteiger partial charge on any atom is -0.480 e. The highest BCUT2D eigenvalue weighted by Gasteiger charge is 2.29. The van der Waals surface area contributed by atoms with Gasteiger partial charge in [0, 0.05) is 11.6 Å². The molecule has 1 aromatic rings. The molecule has 0 bridgehead atoms. The molecule has 112 valence electrons. The zero-order valence-corrected chi connectivity index (χ0v) is 11.8. The van der Waals surface area contributed by atoms with Crippen LogP contribution in [0.3, 0.4) is 0 Å². The summed E-state index contributed by atoms with van der Waals surface area (Å²) >= 11 is 0. The van der Waals surface area contributed by atoms with Crippen molar-refractivity contribution in [3.63, 3.8) is 0 Å². The van der Waals surface area contributed by atoms with Crippen LogP contribution in [0.15, 0.2) is 29.2 Å². The Morgan fingerprint density at radius 2 is 1.75 bits per heavy atom. The highest BCUT2D eigenvalue weighted by Crippen LogP contribution is 2.23. The van der Waals surface area contributed by atoms with Crippen molar-refractivity contribution in [2.45, 2.75) is 31.2 Å². The van der Waals surface area contributed by atoms with Gasteiger partial charge in [0.2, 0.25) is 10.0 Å². The molecule has 8 heteroatoms. The number of benzene rings is 1. The van der Waals surface area contributed by atoms with Gasteiger partial charge in [0.05, 0.1) is 4.90 Å². The van der Waals surface area contributed by atoms with E-state index in [1.807, 2.05) is 0 Å². The molecular weight excluding hydrogens is 292 g/mol. The molecule has 0 saturated carbocycles. The molecule has 0 aliphatic rings. The summed E-state index contributed by atoms with van der Waals surface area (Å²) in [4.78, 5) is 10.5. The molecule has 1 N–H and O–H groups in total. The quantitative estimate of drug-likeness (QED) is 0.873. The zero-order valence-electron chi connectivity index (χ0n) is 11.0. The van der Waals surface area contributed by atoms with Gasteiger partial charge in [-0.2, -0.15) is 4.31 Å². The van der Waals surface area contributed by atoms with Crippen LogP contribution in [0.1, 0.15) is 25.8 Å². The molecule has 0 atom stereocenters. The largest absolute Gasteiger partial charge is 0.480 e. The van der Waals surface area contributed by atoms with E-state index < -0.39 is 35.0 Å². The maximum atomic E-state index is 12.4. The highest BCUT2D eigenvalue weighted by molar-refractivity contribution is 7.89. The van der Waals surface area contributed by atoms with Crippen LogP contribution in [0.4, 0.5) is 8.78 Å². The van der Waals surface area contributed by atoms with Gasteiger partial charge < -0.3 is 5.11 Å². The molecule has 0 fully saturated rings. The molecule has 0 heterocycles. The molecule has 0 aliphatic heterocycles. The average molecular weight is 307 g/mol. The second-order valence-corrected chi connectivity index (χ2v) is 6.30. The van der Waals surface area contributed by atoms with Crippen LogP contribution in [0.5, 0.6) is 0 Å². The number of carboxylic acid groups (broad SMARTS) is 1. The minimum absolute atomic E-state index is 0.211. The van der Waals surface area contributed by atoms with Crippen LogP contribution in [0.25, 0.3) is 0 Å². The van der Waals surface area contributed by atoms with E-state index in [0.29, 0.717) is 0 Å². The van der Waals surface area contributed by atoms with Crippen LogP contribution in [0.2, 0.25) is 0 Å². The second kappa shape index (κ2) is 6.27. The summed E-state index contributed by atoms with van der Waals surface area (Å²) in [6.45, 7) is 2.39. The van der Waals surface area contributed by atoms with Gasteiger partial charge in [-0.3, -0.25) is 4.79 Å². The third-order valence-electron chi connectivity index (χ3n) is 2.61. The third kappa shape index (κ3) is 3.73. The minimum atomic E-state index is -4.03. The smallest absolute Gasteiger partial charge is 0.318 e. The van der Waals surface area contributed by atoms with Gasteiger partial charge in [-0.15, -0.1) is 0 Å². The fourth-order valence-electron chi connectivity index (χ4n) is 1.60. The molecule has 5 nitrogen and oxygen atoms in total. The summed E-state index contributed by atoms with van der Waals surface area (Å²) in [6.07, 6.45) is -2.69. The summed E-state index contributed by atoms with van der Waals surface area (Å²) in [7, 11) is -4.03. The summed E-state index contributed by atoms with van der Waals surface area (Å²) in [5, 5.41) is 8.75. The standard InChI is InChI=1S/C12H15F2NO4S/c1-8(2)15(7-11(16)17)20(18,19)10-5-3-9(4-6-10)12(13)14/h3-6,8,12H,7H2,1-2H3,(H,16,17). The molecule has 0 radical (unpaired) electrons. The van der Waals surface area contributed by atoms with Gasteiger partial charge in [0.1, 0.15) is 6.54 Å². The van der Waals surface area contributed by atoms with Crippen molar-refractivity contribution in [2.24, 2.45) is 0 Å². The number of sulfonamides is 1. The third-order valence-corrected chi connectivity index (χ3v) is 4.64. The number of halogens is 2. The molecule has 1 aromatic carbocycles. The Balaban J connectivity index is 3.16. The molecule has 0 unspecified atom stereocenters. The molecule has 0 saturated heterocycles. The van der Waals surface area contributed by atoms with E-state index in [4.69, 9.17) is 5.11 Å². The van der Waals surface area contributed by atoms with E-state index >= 15 is 0 Å². The number of carboxylic acids is 1. The second-order valence-electron chi connectivity index (χ2n) is 4.41. The molecular formula is C12H15F2NO4S. The SMILES string of the molecule is CC(C)N(CC(=O)O)S(=O)(=O)c1ccc(C(F)F)cc1. The lowest BCUT2D eigenvalue weighted by Crippen LogP contribution is -2.40. The lowest BCUT2D eigenvalue weighted by molar-refractivity contribution is -0.137. The van der Waals surface area contributed by atoms with Crippen molar-refractivity contribution in [1.29, 1.82) is 0 Å². The van der Waals surface area contributed by atoms with Crippen LogP contribution in [0, 0.1) is 0 Å². The van der Waals surface area contributed by atoms with Gasteiger partial charge in [0.15, 0.2) is 0 Å². The topological polar surface area (TPSA) is 74.7 Å². The fraction of sp³-hybridized carbons (Fsp3) is 0.417. The zero-order chi connectivity index (χ0) is 15.5. The van der Waals surface area contributed by atoms with Crippen LogP contribution >= 0.6 is 0 Å². The van der Waals surface area contributed by atoms with Crippen molar-refractivity contribution in [1.82, 2.24) is 4.31 Å². The summed E-state index contributed by atoms with van der Waals surface area (Å²) in [5.41, 5.74) is -0.293. The maximum Gasteiger partial charge on any atom is 0.318 e. The van der Waals surface area contributed by atoms with E-state index in [0.717, 1.165) is 28.6 Å².